The fourth-order valence-electron chi connectivity index (χ4n) is 1.99. The fourth-order valence-corrected chi connectivity index (χ4v) is 2.45. The Morgan fingerprint density at radius 1 is 1.27 bits per heavy atom. The van der Waals surface area contributed by atoms with Gasteiger partial charge in [0.15, 0.2) is 11.5 Å². The molecule has 2 N–H and O–H groups in total. The molecular weight excluding hydrogens is 412 g/mol. The maximum Gasteiger partial charge on any atom is 0.301 e. The van der Waals surface area contributed by atoms with Crippen molar-refractivity contribution in [1.29, 1.82) is 0 Å². The number of hydrazone groups is 1. The van der Waals surface area contributed by atoms with Gasteiger partial charge >= 0.3 is 5.69 Å². The zero-order valence-corrected chi connectivity index (χ0v) is 15.0. The number of phenolic OH excluding ortho intramolecular Hbond substituents is 1. The van der Waals surface area contributed by atoms with Crippen LogP contribution in [0.2, 0.25) is 0 Å². The van der Waals surface area contributed by atoms with E-state index in [0.717, 1.165) is 12.1 Å². The summed E-state index contributed by atoms with van der Waals surface area (Å²) in [5, 5.41) is 35.6. The lowest BCUT2D eigenvalue weighted by Crippen LogP contribution is -1.99. The van der Waals surface area contributed by atoms with Gasteiger partial charge in [0.25, 0.3) is 5.69 Å². The van der Waals surface area contributed by atoms with E-state index in [1.807, 2.05) is 0 Å². The van der Waals surface area contributed by atoms with Gasteiger partial charge in [-0.3, -0.25) is 25.7 Å². The van der Waals surface area contributed by atoms with Gasteiger partial charge in [-0.05, 0) is 46.6 Å². The summed E-state index contributed by atoms with van der Waals surface area (Å²) in [5.41, 5.74) is 2.16. The molecule has 10 nitrogen and oxygen atoms in total. The SMILES string of the molecule is CCOc1cc(/C=N\Nc2ccc([N+](=O)[O-])cc2[N+](=O)[O-])cc(Br)c1O. The van der Waals surface area contributed by atoms with E-state index in [4.69, 9.17) is 4.74 Å². The predicted molar refractivity (Wildman–Crippen MR) is 97.9 cm³/mol. The molecule has 26 heavy (non-hydrogen) atoms. The Morgan fingerprint density at radius 2 is 2.00 bits per heavy atom. The molecule has 0 saturated carbocycles. The Morgan fingerprint density at radius 3 is 2.62 bits per heavy atom. The van der Waals surface area contributed by atoms with Crippen molar-refractivity contribution in [1.82, 2.24) is 0 Å². The molecule has 0 amide bonds. The number of rotatable bonds is 7. The molecule has 0 aromatic heterocycles. The number of nitro groups is 2. The summed E-state index contributed by atoms with van der Waals surface area (Å²) in [6.07, 6.45) is 1.36. The Kier molecular flexibility index (Phi) is 6.07. The van der Waals surface area contributed by atoms with Crippen LogP contribution in [0.3, 0.4) is 0 Å². The van der Waals surface area contributed by atoms with Gasteiger partial charge in [0.05, 0.1) is 33.2 Å². The lowest BCUT2D eigenvalue weighted by atomic mass is 10.2. The largest absolute Gasteiger partial charge is 0.503 e. The van der Waals surface area contributed by atoms with E-state index in [2.05, 4.69) is 26.5 Å². The van der Waals surface area contributed by atoms with Crippen molar-refractivity contribution in [2.75, 3.05) is 12.0 Å². The lowest BCUT2D eigenvalue weighted by molar-refractivity contribution is -0.393. The van der Waals surface area contributed by atoms with Crippen LogP contribution < -0.4 is 10.2 Å². The first-order chi connectivity index (χ1) is 12.3. The topological polar surface area (TPSA) is 140 Å². The predicted octanol–water partition coefficient (Wildman–Crippen LogP) is 3.82. The van der Waals surface area contributed by atoms with Crippen LogP contribution in [0, 0.1) is 20.2 Å². The van der Waals surface area contributed by atoms with Crippen molar-refractivity contribution in [3.05, 3.63) is 60.6 Å². The lowest BCUT2D eigenvalue weighted by Gasteiger charge is -2.08. The minimum Gasteiger partial charge on any atom is -0.503 e. The molecule has 2 aromatic rings. The summed E-state index contributed by atoms with van der Waals surface area (Å²) in [7, 11) is 0. The van der Waals surface area contributed by atoms with Crippen LogP contribution in [0.5, 0.6) is 11.5 Å². The van der Waals surface area contributed by atoms with E-state index in [0.29, 0.717) is 16.6 Å². The number of nitrogens with zero attached hydrogens (tertiary/aromatic N) is 3. The Labute approximate surface area is 155 Å². The standard InChI is InChI=1S/C15H13BrN4O6/c1-2-26-14-6-9(5-11(16)15(14)21)8-17-18-12-4-3-10(19(22)23)7-13(12)20(24)25/h3-8,18,21H,2H2,1H3/b17-8-. The third kappa shape index (κ3) is 4.45. The van der Waals surface area contributed by atoms with Crippen LogP contribution in [-0.2, 0) is 0 Å². The third-order valence-electron chi connectivity index (χ3n) is 3.14. The minimum atomic E-state index is -0.741. The van der Waals surface area contributed by atoms with Crippen LogP contribution in [-0.4, -0.2) is 27.8 Å². The molecule has 0 radical (unpaired) electrons. The Bertz CT molecular complexity index is 887. The van der Waals surface area contributed by atoms with Gasteiger partial charge in [-0.2, -0.15) is 5.10 Å². The molecule has 0 atom stereocenters. The van der Waals surface area contributed by atoms with Gasteiger partial charge in [-0.15, -0.1) is 0 Å². The minimum absolute atomic E-state index is 0.000254. The van der Waals surface area contributed by atoms with Gasteiger partial charge in [0, 0.05) is 6.07 Å². The first-order valence-electron chi connectivity index (χ1n) is 7.20. The smallest absolute Gasteiger partial charge is 0.301 e. The van der Waals surface area contributed by atoms with Crippen molar-refractivity contribution < 1.29 is 19.7 Å². The molecule has 0 saturated heterocycles. The summed E-state index contributed by atoms with van der Waals surface area (Å²) in [5.74, 6) is 0.201. The second-order valence-electron chi connectivity index (χ2n) is 4.87. The highest BCUT2D eigenvalue weighted by Crippen LogP contribution is 2.35. The number of halogens is 1. The third-order valence-corrected chi connectivity index (χ3v) is 3.74. The van der Waals surface area contributed by atoms with Crippen LogP contribution in [0.15, 0.2) is 39.9 Å². The Balaban J connectivity index is 2.26. The maximum atomic E-state index is 11.1. The molecule has 0 heterocycles. The first kappa shape index (κ1) is 19.1. The summed E-state index contributed by atoms with van der Waals surface area (Å²) in [6, 6.07) is 6.30. The van der Waals surface area contributed by atoms with Crippen molar-refractivity contribution in [3.63, 3.8) is 0 Å². The number of benzene rings is 2. The number of hydrogen-bond donors (Lipinski definition) is 2. The molecule has 0 fully saturated rings. The Hall–Kier alpha value is -3.21. The van der Waals surface area contributed by atoms with E-state index in [9.17, 15) is 25.3 Å². The molecular formula is C15H13BrN4O6. The number of non-ortho nitro benzene ring substituents is 1. The van der Waals surface area contributed by atoms with E-state index in [1.165, 1.54) is 12.3 Å². The van der Waals surface area contributed by atoms with Gasteiger partial charge in [0.2, 0.25) is 0 Å². The molecule has 0 unspecified atom stereocenters. The van der Waals surface area contributed by atoms with Crippen molar-refractivity contribution in [2.24, 2.45) is 5.10 Å². The maximum absolute atomic E-state index is 11.1. The highest BCUT2D eigenvalue weighted by atomic mass is 79.9. The molecule has 0 spiro atoms. The van der Waals surface area contributed by atoms with Crippen LogP contribution in [0.1, 0.15) is 12.5 Å². The van der Waals surface area contributed by atoms with Crippen molar-refractivity contribution in [2.45, 2.75) is 6.92 Å². The van der Waals surface area contributed by atoms with E-state index in [-0.39, 0.29) is 17.2 Å². The number of phenols is 1. The number of anilines is 1. The number of nitro benzene ring substituents is 2. The average molecular weight is 425 g/mol. The second-order valence-corrected chi connectivity index (χ2v) is 5.72. The molecule has 2 aromatic carbocycles. The number of ether oxygens (including phenoxy) is 1. The number of nitrogens with one attached hydrogen (secondary N) is 1. The molecule has 0 aliphatic rings. The van der Waals surface area contributed by atoms with Gasteiger partial charge < -0.3 is 9.84 Å². The van der Waals surface area contributed by atoms with Gasteiger partial charge in [-0.1, -0.05) is 0 Å². The molecule has 0 aliphatic carbocycles. The highest BCUT2D eigenvalue weighted by molar-refractivity contribution is 9.10. The zero-order valence-electron chi connectivity index (χ0n) is 13.4. The van der Waals surface area contributed by atoms with Crippen molar-refractivity contribution >= 4 is 39.2 Å². The molecule has 0 aliphatic heterocycles. The normalized spacial score (nSPS) is 10.7. The molecule has 0 bridgehead atoms. The van der Waals surface area contributed by atoms with Crippen LogP contribution in [0.4, 0.5) is 17.1 Å². The molecule has 2 rings (SSSR count). The first-order valence-corrected chi connectivity index (χ1v) is 8.00. The summed E-state index contributed by atoms with van der Waals surface area (Å²) < 4.78 is 5.69. The summed E-state index contributed by atoms with van der Waals surface area (Å²) >= 11 is 3.19. The summed E-state index contributed by atoms with van der Waals surface area (Å²) in [6.45, 7) is 2.12. The van der Waals surface area contributed by atoms with Crippen LogP contribution in [0.25, 0.3) is 0 Å². The van der Waals surface area contributed by atoms with Gasteiger partial charge in [-0.25, -0.2) is 0 Å². The van der Waals surface area contributed by atoms with E-state index in [1.54, 1.807) is 19.1 Å². The highest BCUT2D eigenvalue weighted by Gasteiger charge is 2.19. The zero-order chi connectivity index (χ0) is 19.3. The molecule has 136 valence electrons. The van der Waals surface area contributed by atoms with E-state index >= 15 is 0 Å². The number of aromatic hydroxyl groups is 1. The average Bonchev–Trinajstić information content (AvgIpc) is 2.59. The van der Waals surface area contributed by atoms with Crippen LogP contribution >= 0.6 is 15.9 Å². The monoisotopic (exact) mass is 424 g/mol. The van der Waals surface area contributed by atoms with E-state index < -0.39 is 21.2 Å². The molecule has 11 heteroatoms. The van der Waals surface area contributed by atoms with Gasteiger partial charge in [0.1, 0.15) is 5.69 Å². The van der Waals surface area contributed by atoms with Crippen molar-refractivity contribution in [3.8, 4) is 11.5 Å². The number of hydrogen-bond acceptors (Lipinski definition) is 8. The summed E-state index contributed by atoms with van der Waals surface area (Å²) in [4.78, 5) is 20.3. The second kappa shape index (κ2) is 8.25. The quantitative estimate of drug-likeness (QED) is 0.390. The fraction of sp³-hybridized carbons (Fsp3) is 0.133.